The van der Waals surface area contributed by atoms with Crippen molar-refractivity contribution in [1.82, 2.24) is 15.1 Å². The van der Waals surface area contributed by atoms with Gasteiger partial charge in [-0.2, -0.15) is 5.10 Å². The Bertz CT molecular complexity index is 1280. The van der Waals surface area contributed by atoms with Gasteiger partial charge in [-0.1, -0.05) is 72.3 Å². The second-order valence-corrected chi connectivity index (χ2v) is 8.79. The Hall–Kier alpha value is -3.57. The average Bonchev–Trinajstić information content (AvgIpc) is 3.38. The van der Waals surface area contributed by atoms with Gasteiger partial charge in [-0.15, -0.1) is 0 Å². The monoisotopic (exact) mass is 457 g/mol. The molecule has 1 amide bonds. The Kier molecular flexibility index (Phi) is 5.65. The van der Waals surface area contributed by atoms with E-state index in [9.17, 15) is 4.79 Å². The van der Waals surface area contributed by atoms with Gasteiger partial charge in [0.05, 0.1) is 11.7 Å². The number of hydrogen-bond donors (Lipinski definition) is 1. The van der Waals surface area contributed by atoms with Gasteiger partial charge in [0, 0.05) is 27.8 Å². The number of ether oxygens (including phenoxy) is 1. The molecule has 0 aliphatic carbocycles. The molecule has 33 heavy (non-hydrogen) atoms. The van der Waals surface area contributed by atoms with E-state index in [1.54, 1.807) is 0 Å². The van der Waals surface area contributed by atoms with E-state index < -0.39 is 0 Å². The third-order valence-electron chi connectivity index (χ3n) is 5.96. The van der Waals surface area contributed by atoms with Crippen molar-refractivity contribution in [2.75, 3.05) is 0 Å². The lowest BCUT2D eigenvalue weighted by Gasteiger charge is -2.30. The van der Waals surface area contributed by atoms with Crippen LogP contribution in [0.3, 0.4) is 0 Å². The summed E-state index contributed by atoms with van der Waals surface area (Å²) >= 11 is 6.24. The lowest BCUT2D eigenvalue weighted by atomic mass is 9.95. The standard InChI is InChI=1S/C27H24ClN3O2/c1-17(2)31-26(23-24(18-8-4-3-5-9-18)29-30-25(23)27(31)32)19-12-14-21(15-13-19)33-16-20-10-6-7-11-22(20)28/h3-15,17,26H,16H2,1-2H3,(H,29,30). The van der Waals surface area contributed by atoms with Gasteiger partial charge in [-0.25, -0.2) is 0 Å². The average molecular weight is 458 g/mol. The molecule has 1 N–H and O–H groups in total. The molecule has 1 aliphatic rings. The highest BCUT2D eigenvalue weighted by Crippen LogP contribution is 2.44. The molecule has 1 unspecified atom stereocenters. The second-order valence-electron chi connectivity index (χ2n) is 8.38. The predicted octanol–water partition coefficient (Wildman–Crippen LogP) is 6.26. The second kappa shape index (κ2) is 8.75. The third kappa shape index (κ3) is 3.89. The molecule has 6 heteroatoms. The summed E-state index contributed by atoms with van der Waals surface area (Å²) in [7, 11) is 0. The predicted molar refractivity (Wildman–Crippen MR) is 129 cm³/mol. The Morgan fingerprint density at radius 1 is 1.00 bits per heavy atom. The molecule has 1 atom stereocenters. The number of fused-ring (bicyclic) bond motifs is 1. The third-order valence-corrected chi connectivity index (χ3v) is 6.32. The largest absolute Gasteiger partial charge is 0.489 e. The summed E-state index contributed by atoms with van der Waals surface area (Å²) in [6, 6.07) is 25.3. The van der Waals surface area contributed by atoms with E-state index in [4.69, 9.17) is 16.3 Å². The van der Waals surface area contributed by atoms with Crippen molar-refractivity contribution in [3.05, 3.63) is 106 Å². The van der Waals surface area contributed by atoms with Crippen molar-refractivity contribution in [3.8, 4) is 17.0 Å². The van der Waals surface area contributed by atoms with E-state index in [0.29, 0.717) is 17.3 Å². The minimum absolute atomic E-state index is 0.0290. The van der Waals surface area contributed by atoms with Crippen molar-refractivity contribution in [2.24, 2.45) is 0 Å². The normalized spacial score (nSPS) is 15.2. The van der Waals surface area contributed by atoms with E-state index in [0.717, 1.165) is 33.7 Å². The van der Waals surface area contributed by atoms with Crippen LogP contribution in [0.25, 0.3) is 11.3 Å². The number of benzene rings is 3. The van der Waals surface area contributed by atoms with Crippen LogP contribution in [-0.2, 0) is 6.61 Å². The first-order valence-electron chi connectivity index (χ1n) is 11.0. The molecule has 1 aromatic heterocycles. The quantitative estimate of drug-likeness (QED) is 0.371. The maximum atomic E-state index is 13.2. The number of H-pyrrole nitrogens is 1. The van der Waals surface area contributed by atoms with Crippen LogP contribution in [0, 0.1) is 0 Å². The first kappa shape index (κ1) is 21.3. The molecule has 3 aromatic carbocycles. The summed E-state index contributed by atoms with van der Waals surface area (Å²) in [5, 5.41) is 8.19. The number of aromatic amines is 1. The molecule has 4 aromatic rings. The van der Waals surface area contributed by atoms with E-state index in [1.807, 2.05) is 97.6 Å². The molecule has 5 nitrogen and oxygen atoms in total. The van der Waals surface area contributed by atoms with Crippen molar-refractivity contribution in [3.63, 3.8) is 0 Å². The molecular formula is C27H24ClN3O2. The topological polar surface area (TPSA) is 58.2 Å². The zero-order valence-corrected chi connectivity index (χ0v) is 19.2. The smallest absolute Gasteiger partial charge is 0.273 e. The fraction of sp³-hybridized carbons (Fsp3) is 0.185. The van der Waals surface area contributed by atoms with Crippen LogP contribution < -0.4 is 4.74 Å². The van der Waals surface area contributed by atoms with Gasteiger partial charge >= 0.3 is 0 Å². The van der Waals surface area contributed by atoms with Gasteiger partial charge < -0.3 is 9.64 Å². The maximum absolute atomic E-state index is 13.2. The van der Waals surface area contributed by atoms with Crippen molar-refractivity contribution in [1.29, 1.82) is 0 Å². The highest BCUT2D eigenvalue weighted by molar-refractivity contribution is 6.31. The van der Waals surface area contributed by atoms with Gasteiger partial charge in [-0.05, 0) is 37.6 Å². The summed E-state index contributed by atoms with van der Waals surface area (Å²) in [6.07, 6.45) is 0. The number of halogens is 1. The number of nitrogens with one attached hydrogen (secondary N) is 1. The SMILES string of the molecule is CC(C)N1C(=O)c2[nH]nc(-c3ccccc3)c2C1c1ccc(OCc2ccccc2Cl)cc1. The zero-order valence-electron chi connectivity index (χ0n) is 18.5. The van der Waals surface area contributed by atoms with E-state index >= 15 is 0 Å². The molecule has 0 fully saturated rings. The van der Waals surface area contributed by atoms with Crippen molar-refractivity contribution in [2.45, 2.75) is 32.5 Å². The van der Waals surface area contributed by atoms with Crippen LogP contribution in [0.4, 0.5) is 0 Å². The van der Waals surface area contributed by atoms with Crippen LogP contribution in [0.2, 0.25) is 5.02 Å². The van der Waals surface area contributed by atoms with Crippen LogP contribution in [0.1, 0.15) is 47.1 Å². The molecule has 0 spiro atoms. The van der Waals surface area contributed by atoms with Gasteiger partial charge in [0.2, 0.25) is 0 Å². The summed E-state index contributed by atoms with van der Waals surface area (Å²) in [6.45, 7) is 4.46. The summed E-state index contributed by atoms with van der Waals surface area (Å²) < 4.78 is 5.95. The summed E-state index contributed by atoms with van der Waals surface area (Å²) in [4.78, 5) is 15.2. The zero-order chi connectivity index (χ0) is 22.9. The minimum atomic E-state index is -0.223. The number of hydrogen-bond acceptors (Lipinski definition) is 3. The lowest BCUT2D eigenvalue weighted by molar-refractivity contribution is 0.0688. The Balaban J connectivity index is 1.47. The molecule has 5 rings (SSSR count). The highest BCUT2D eigenvalue weighted by Gasteiger charge is 2.43. The van der Waals surface area contributed by atoms with E-state index in [2.05, 4.69) is 10.2 Å². The van der Waals surface area contributed by atoms with Gasteiger partial charge in [-0.3, -0.25) is 9.89 Å². The number of amides is 1. The maximum Gasteiger partial charge on any atom is 0.273 e. The van der Waals surface area contributed by atoms with Crippen LogP contribution in [-0.4, -0.2) is 27.0 Å². The fourth-order valence-electron chi connectivity index (χ4n) is 4.36. The fourth-order valence-corrected chi connectivity index (χ4v) is 4.55. The molecule has 1 aliphatic heterocycles. The van der Waals surface area contributed by atoms with Gasteiger partial charge in [0.1, 0.15) is 18.1 Å². The number of nitrogens with zero attached hydrogens (tertiary/aromatic N) is 2. The number of aromatic nitrogens is 2. The number of carbonyl (C=O) groups excluding carboxylic acids is 1. The van der Waals surface area contributed by atoms with Gasteiger partial charge in [0.15, 0.2) is 0 Å². The molecule has 2 heterocycles. The van der Waals surface area contributed by atoms with E-state index in [-0.39, 0.29) is 18.0 Å². The molecular weight excluding hydrogens is 434 g/mol. The molecule has 0 saturated heterocycles. The molecule has 0 saturated carbocycles. The minimum Gasteiger partial charge on any atom is -0.489 e. The summed E-state index contributed by atoms with van der Waals surface area (Å²) in [5.74, 6) is 0.716. The Morgan fingerprint density at radius 2 is 1.70 bits per heavy atom. The Labute approximate surface area is 198 Å². The molecule has 0 radical (unpaired) electrons. The molecule has 0 bridgehead atoms. The molecule has 166 valence electrons. The highest BCUT2D eigenvalue weighted by atomic mass is 35.5. The van der Waals surface area contributed by atoms with Crippen molar-refractivity contribution < 1.29 is 9.53 Å². The van der Waals surface area contributed by atoms with Crippen LogP contribution in [0.5, 0.6) is 5.75 Å². The number of rotatable bonds is 6. The van der Waals surface area contributed by atoms with Crippen LogP contribution in [0.15, 0.2) is 78.9 Å². The number of carbonyl (C=O) groups is 1. The Morgan fingerprint density at radius 3 is 2.39 bits per heavy atom. The first-order chi connectivity index (χ1) is 16.0. The van der Waals surface area contributed by atoms with Crippen LogP contribution >= 0.6 is 11.6 Å². The van der Waals surface area contributed by atoms with Gasteiger partial charge in [0.25, 0.3) is 5.91 Å². The van der Waals surface area contributed by atoms with E-state index in [1.165, 1.54) is 0 Å². The summed E-state index contributed by atoms with van der Waals surface area (Å²) in [5.41, 5.74) is 5.23. The first-order valence-corrected chi connectivity index (χ1v) is 11.3. The lowest BCUT2D eigenvalue weighted by Crippen LogP contribution is -2.35. The van der Waals surface area contributed by atoms with Crippen molar-refractivity contribution >= 4 is 17.5 Å².